The van der Waals surface area contributed by atoms with Crippen molar-refractivity contribution in [2.75, 3.05) is 0 Å². The first-order valence-electron chi connectivity index (χ1n) is 9.05. The van der Waals surface area contributed by atoms with E-state index in [9.17, 15) is 4.79 Å². The van der Waals surface area contributed by atoms with Crippen molar-refractivity contribution in [1.29, 1.82) is 0 Å². The van der Waals surface area contributed by atoms with E-state index in [1.54, 1.807) is 10.9 Å². The molecule has 1 aromatic heterocycles. The lowest BCUT2D eigenvalue weighted by Gasteiger charge is -2.21. The highest BCUT2D eigenvalue weighted by molar-refractivity contribution is 5.78. The van der Waals surface area contributed by atoms with Gasteiger partial charge in [0.2, 0.25) is 5.91 Å². The Morgan fingerprint density at radius 1 is 1.04 bits per heavy atom. The number of nitrogens with zero attached hydrogens (tertiary/aromatic N) is 2. The van der Waals surface area contributed by atoms with Gasteiger partial charge in [0.25, 0.3) is 0 Å². The zero-order chi connectivity index (χ0) is 18.4. The maximum Gasteiger partial charge on any atom is 0.225 e. The van der Waals surface area contributed by atoms with Gasteiger partial charge in [0.05, 0.1) is 24.3 Å². The van der Waals surface area contributed by atoms with Gasteiger partial charge in [-0.1, -0.05) is 62.4 Å². The molecule has 0 fully saturated rings. The maximum atomic E-state index is 12.6. The molecule has 1 heterocycles. The predicted octanol–water partition coefficient (Wildman–Crippen LogP) is 4.32. The molecule has 3 rings (SSSR count). The highest BCUT2D eigenvalue weighted by Gasteiger charge is 2.16. The molecule has 0 aliphatic carbocycles. The van der Waals surface area contributed by atoms with Gasteiger partial charge < -0.3 is 5.32 Å². The minimum Gasteiger partial charge on any atom is -0.349 e. The van der Waals surface area contributed by atoms with E-state index in [1.807, 2.05) is 54.7 Å². The van der Waals surface area contributed by atoms with Crippen LogP contribution in [0.25, 0.3) is 5.69 Å². The number of para-hydroxylation sites is 1. The third-order valence-electron chi connectivity index (χ3n) is 4.27. The molecule has 26 heavy (non-hydrogen) atoms. The lowest BCUT2D eigenvalue weighted by Crippen LogP contribution is -2.30. The molecular formula is C22H25N3O. The Labute approximate surface area is 154 Å². The lowest BCUT2D eigenvalue weighted by atomic mass is 9.97. The Morgan fingerprint density at radius 2 is 1.69 bits per heavy atom. The van der Waals surface area contributed by atoms with Gasteiger partial charge in [-0.3, -0.25) is 4.79 Å². The van der Waals surface area contributed by atoms with Crippen LogP contribution >= 0.6 is 0 Å². The molecule has 0 unspecified atom stereocenters. The fourth-order valence-electron chi connectivity index (χ4n) is 3.04. The minimum atomic E-state index is 0.0205. The molecule has 0 saturated carbocycles. The fourth-order valence-corrected chi connectivity index (χ4v) is 3.04. The van der Waals surface area contributed by atoms with Gasteiger partial charge in [-0.2, -0.15) is 5.10 Å². The topological polar surface area (TPSA) is 46.9 Å². The van der Waals surface area contributed by atoms with Crippen molar-refractivity contribution in [2.24, 2.45) is 5.92 Å². The van der Waals surface area contributed by atoms with Crippen LogP contribution < -0.4 is 5.32 Å². The smallest absolute Gasteiger partial charge is 0.225 e. The Kier molecular flexibility index (Phi) is 5.84. The van der Waals surface area contributed by atoms with E-state index in [4.69, 9.17) is 0 Å². The average molecular weight is 347 g/mol. The van der Waals surface area contributed by atoms with Crippen LogP contribution in [0, 0.1) is 5.92 Å². The number of rotatable bonds is 7. The zero-order valence-electron chi connectivity index (χ0n) is 15.3. The summed E-state index contributed by atoms with van der Waals surface area (Å²) in [5.74, 6) is 0.522. The van der Waals surface area contributed by atoms with Crippen molar-refractivity contribution in [3.05, 3.63) is 84.2 Å². The third kappa shape index (κ3) is 4.82. The summed E-state index contributed by atoms with van der Waals surface area (Å²) in [6.45, 7) is 4.35. The van der Waals surface area contributed by atoms with Crippen LogP contribution in [-0.4, -0.2) is 15.7 Å². The summed E-state index contributed by atoms with van der Waals surface area (Å²) in [5, 5.41) is 7.55. The molecule has 1 atom stereocenters. The van der Waals surface area contributed by atoms with Crippen LogP contribution in [0.15, 0.2) is 73.1 Å². The van der Waals surface area contributed by atoms with Gasteiger partial charge in [0.15, 0.2) is 0 Å². The fraction of sp³-hybridized carbons (Fsp3) is 0.273. The van der Waals surface area contributed by atoms with Gasteiger partial charge >= 0.3 is 0 Å². The zero-order valence-corrected chi connectivity index (χ0v) is 15.3. The largest absolute Gasteiger partial charge is 0.349 e. The Morgan fingerprint density at radius 3 is 2.35 bits per heavy atom. The quantitative estimate of drug-likeness (QED) is 0.692. The Balaban J connectivity index is 1.66. The van der Waals surface area contributed by atoms with Gasteiger partial charge in [-0.15, -0.1) is 0 Å². The third-order valence-corrected chi connectivity index (χ3v) is 4.27. The molecule has 0 radical (unpaired) electrons. The number of hydrogen-bond acceptors (Lipinski definition) is 2. The molecule has 4 heteroatoms. The molecule has 0 aliphatic rings. The van der Waals surface area contributed by atoms with Crippen molar-refractivity contribution >= 4 is 5.91 Å². The van der Waals surface area contributed by atoms with Gasteiger partial charge in [0.1, 0.15) is 0 Å². The monoisotopic (exact) mass is 347 g/mol. The first-order valence-corrected chi connectivity index (χ1v) is 9.05. The molecule has 2 aromatic carbocycles. The molecule has 3 aromatic rings. The molecule has 134 valence electrons. The molecule has 4 nitrogen and oxygen atoms in total. The molecule has 0 bridgehead atoms. The number of amides is 1. The summed E-state index contributed by atoms with van der Waals surface area (Å²) in [4.78, 5) is 12.6. The van der Waals surface area contributed by atoms with Crippen molar-refractivity contribution in [2.45, 2.75) is 32.7 Å². The van der Waals surface area contributed by atoms with Crippen molar-refractivity contribution in [3.8, 4) is 5.69 Å². The molecule has 0 aliphatic heterocycles. The van der Waals surface area contributed by atoms with Gasteiger partial charge in [-0.25, -0.2) is 4.68 Å². The number of carbonyl (C=O) groups is 1. The highest BCUT2D eigenvalue weighted by atomic mass is 16.1. The number of hydrogen-bond donors (Lipinski definition) is 1. The van der Waals surface area contributed by atoms with E-state index >= 15 is 0 Å². The van der Waals surface area contributed by atoms with E-state index in [1.165, 1.54) is 0 Å². The molecule has 1 amide bonds. The molecule has 0 spiro atoms. The lowest BCUT2D eigenvalue weighted by molar-refractivity contribution is -0.121. The van der Waals surface area contributed by atoms with E-state index in [0.717, 1.165) is 23.2 Å². The van der Waals surface area contributed by atoms with Crippen LogP contribution in [-0.2, 0) is 11.2 Å². The SMILES string of the molecule is CC(C)C[C@@H](NC(=O)Cc1cnn(-c2ccccc2)c1)c1ccccc1. The summed E-state index contributed by atoms with van der Waals surface area (Å²) >= 11 is 0. The van der Waals surface area contributed by atoms with E-state index in [0.29, 0.717) is 12.3 Å². The minimum absolute atomic E-state index is 0.0205. The van der Waals surface area contributed by atoms with Crippen LogP contribution in [0.5, 0.6) is 0 Å². The van der Waals surface area contributed by atoms with Crippen molar-refractivity contribution < 1.29 is 4.79 Å². The second-order valence-corrected chi connectivity index (χ2v) is 6.97. The second-order valence-electron chi connectivity index (χ2n) is 6.97. The average Bonchev–Trinajstić information content (AvgIpc) is 3.10. The van der Waals surface area contributed by atoms with Crippen LogP contribution in [0.4, 0.5) is 0 Å². The van der Waals surface area contributed by atoms with Crippen molar-refractivity contribution in [1.82, 2.24) is 15.1 Å². The standard InChI is InChI=1S/C22H25N3O/c1-17(2)13-21(19-9-5-3-6-10-19)24-22(26)14-18-15-23-25(16-18)20-11-7-4-8-12-20/h3-12,15-17,21H,13-14H2,1-2H3,(H,24,26)/t21-/m1/s1. The number of nitrogens with one attached hydrogen (secondary N) is 1. The Bertz CT molecular complexity index is 825. The Hall–Kier alpha value is -2.88. The second kappa shape index (κ2) is 8.48. The molecule has 0 saturated heterocycles. The normalized spacial score (nSPS) is 12.1. The van der Waals surface area contributed by atoms with Gasteiger partial charge in [0, 0.05) is 6.20 Å². The van der Waals surface area contributed by atoms with E-state index in [-0.39, 0.29) is 11.9 Å². The number of benzene rings is 2. The highest BCUT2D eigenvalue weighted by Crippen LogP contribution is 2.21. The summed E-state index contributed by atoms with van der Waals surface area (Å²) in [7, 11) is 0. The summed E-state index contributed by atoms with van der Waals surface area (Å²) < 4.78 is 1.80. The number of aromatic nitrogens is 2. The summed E-state index contributed by atoms with van der Waals surface area (Å²) in [6, 6.07) is 20.1. The molecule has 1 N–H and O–H groups in total. The van der Waals surface area contributed by atoms with Crippen LogP contribution in [0.1, 0.15) is 37.4 Å². The van der Waals surface area contributed by atoms with E-state index < -0.39 is 0 Å². The van der Waals surface area contributed by atoms with Crippen molar-refractivity contribution in [3.63, 3.8) is 0 Å². The first kappa shape index (κ1) is 17.9. The van der Waals surface area contributed by atoms with Crippen LogP contribution in [0.2, 0.25) is 0 Å². The maximum absolute atomic E-state index is 12.6. The number of carbonyl (C=O) groups excluding carboxylic acids is 1. The molecular weight excluding hydrogens is 322 g/mol. The van der Waals surface area contributed by atoms with Gasteiger partial charge in [-0.05, 0) is 35.6 Å². The predicted molar refractivity (Wildman–Crippen MR) is 104 cm³/mol. The van der Waals surface area contributed by atoms with Crippen LogP contribution in [0.3, 0.4) is 0 Å². The summed E-state index contributed by atoms with van der Waals surface area (Å²) in [6.07, 6.45) is 4.91. The van der Waals surface area contributed by atoms with E-state index in [2.05, 4.69) is 36.4 Å². The summed E-state index contributed by atoms with van der Waals surface area (Å²) in [5.41, 5.74) is 3.04. The first-order chi connectivity index (χ1) is 12.6.